The average molecular weight is 171 g/mol. The maximum absolute atomic E-state index is 5.36. The fourth-order valence-corrected chi connectivity index (χ4v) is 1.81. The van der Waals surface area contributed by atoms with E-state index in [-0.39, 0.29) is 0 Å². The van der Waals surface area contributed by atoms with Gasteiger partial charge in [0.1, 0.15) is 5.58 Å². The van der Waals surface area contributed by atoms with Gasteiger partial charge >= 0.3 is 0 Å². The standard InChI is InChI=1S/C11H9NO/c1-8-10-4-6-13-11(10)7-9-3-2-5-12(8)9/h2-7H,1H3. The topological polar surface area (TPSA) is 17.6 Å². The molecule has 0 aliphatic carbocycles. The number of pyridine rings is 1. The molecule has 0 saturated heterocycles. The van der Waals surface area contributed by atoms with Gasteiger partial charge in [0.25, 0.3) is 0 Å². The van der Waals surface area contributed by atoms with Crippen LogP contribution >= 0.6 is 0 Å². The number of hydrogen-bond acceptors (Lipinski definition) is 1. The van der Waals surface area contributed by atoms with Crippen molar-refractivity contribution in [2.24, 2.45) is 0 Å². The van der Waals surface area contributed by atoms with E-state index in [1.807, 2.05) is 12.1 Å². The largest absolute Gasteiger partial charge is 0.464 e. The van der Waals surface area contributed by atoms with E-state index in [1.54, 1.807) is 6.26 Å². The molecule has 3 aromatic heterocycles. The molecule has 3 heterocycles. The summed E-state index contributed by atoms with van der Waals surface area (Å²) in [6.45, 7) is 2.10. The summed E-state index contributed by atoms with van der Waals surface area (Å²) >= 11 is 0. The van der Waals surface area contributed by atoms with Gasteiger partial charge in [0.05, 0.1) is 6.26 Å². The molecule has 0 unspecified atom stereocenters. The average Bonchev–Trinajstić information content (AvgIpc) is 2.71. The Morgan fingerprint density at radius 2 is 2.23 bits per heavy atom. The highest BCUT2D eigenvalue weighted by Gasteiger charge is 2.04. The fraction of sp³-hybridized carbons (Fsp3) is 0.0909. The molecular weight excluding hydrogens is 162 g/mol. The molecule has 0 aliphatic rings. The van der Waals surface area contributed by atoms with Crippen LogP contribution in [0.1, 0.15) is 5.69 Å². The maximum atomic E-state index is 5.36. The molecule has 2 nitrogen and oxygen atoms in total. The Labute approximate surface area is 75.4 Å². The second-order valence-corrected chi connectivity index (χ2v) is 3.23. The molecule has 0 saturated carbocycles. The first kappa shape index (κ1) is 6.78. The summed E-state index contributed by atoms with van der Waals surface area (Å²) in [6, 6.07) is 8.18. The van der Waals surface area contributed by atoms with Gasteiger partial charge in [-0.25, -0.2) is 0 Å². The number of aryl methyl sites for hydroxylation is 1. The first-order valence-corrected chi connectivity index (χ1v) is 4.30. The minimum Gasteiger partial charge on any atom is -0.464 e. The first-order valence-electron chi connectivity index (χ1n) is 4.30. The lowest BCUT2D eigenvalue weighted by Crippen LogP contribution is -1.88. The highest BCUT2D eigenvalue weighted by Crippen LogP contribution is 2.22. The Kier molecular flexibility index (Phi) is 1.13. The second kappa shape index (κ2) is 2.16. The Bertz CT molecular complexity index is 525. The molecule has 64 valence electrons. The van der Waals surface area contributed by atoms with Crippen LogP contribution in [0.25, 0.3) is 16.5 Å². The second-order valence-electron chi connectivity index (χ2n) is 3.23. The summed E-state index contributed by atoms with van der Waals surface area (Å²) in [4.78, 5) is 0. The number of fused-ring (bicyclic) bond motifs is 2. The molecule has 0 amide bonds. The minimum atomic E-state index is 0.962. The SMILES string of the molecule is Cc1c2ccoc2cc2cccn12. The van der Waals surface area contributed by atoms with E-state index in [2.05, 4.69) is 29.7 Å². The van der Waals surface area contributed by atoms with Crippen LogP contribution in [0.5, 0.6) is 0 Å². The number of aromatic nitrogens is 1. The zero-order chi connectivity index (χ0) is 8.84. The lowest BCUT2D eigenvalue weighted by Gasteiger charge is -2.01. The van der Waals surface area contributed by atoms with Gasteiger partial charge in [0, 0.05) is 28.9 Å². The van der Waals surface area contributed by atoms with Crippen LogP contribution in [0.15, 0.2) is 41.1 Å². The van der Waals surface area contributed by atoms with Crippen molar-refractivity contribution in [2.45, 2.75) is 6.92 Å². The zero-order valence-electron chi connectivity index (χ0n) is 7.32. The lowest BCUT2D eigenvalue weighted by molar-refractivity contribution is 0.616. The normalized spacial score (nSPS) is 11.5. The molecule has 0 spiro atoms. The number of rotatable bonds is 0. The van der Waals surface area contributed by atoms with Gasteiger partial charge in [-0.3, -0.25) is 0 Å². The minimum absolute atomic E-state index is 0.962. The Morgan fingerprint density at radius 3 is 3.15 bits per heavy atom. The highest BCUT2D eigenvalue weighted by molar-refractivity contribution is 5.83. The molecule has 0 bridgehead atoms. The van der Waals surface area contributed by atoms with Crippen LogP contribution in [-0.4, -0.2) is 4.40 Å². The summed E-state index contributed by atoms with van der Waals surface area (Å²) in [5.74, 6) is 0. The van der Waals surface area contributed by atoms with Crippen molar-refractivity contribution in [2.75, 3.05) is 0 Å². The first-order chi connectivity index (χ1) is 6.36. The van der Waals surface area contributed by atoms with Crippen molar-refractivity contribution in [3.63, 3.8) is 0 Å². The molecule has 0 atom stereocenters. The Hall–Kier alpha value is -1.70. The van der Waals surface area contributed by atoms with Crippen molar-refractivity contribution in [1.82, 2.24) is 4.40 Å². The predicted octanol–water partition coefficient (Wildman–Crippen LogP) is 2.99. The number of furan rings is 1. The monoisotopic (exact) mass is 171 g/mol. The van der Waals surface area contributed by atoms with Gasteiger partial charge in [0.2, 0.25) is 0 Å². The van der Waals surface area contributed by atoms with Gasteiger partial charge in [-0.15, -0.1) is 0 Å². The van der Waals surface area contributed by atoms with E-state index in [9.17, 15) is 0 Å². The van der Waals surface area contributed by atoms with Crippen LogP contribution < -0.4 is 0 Å². The van der Waals surface area contributed by atoms with E-state index in [0.29, 0.717) is 0 Å². The van der Waals surface area contributed by atoms with Crippen molar-refractivity contribution < 1.29 is 4.42 Å². The fourth-order valence-electron chi connectivity index (χ4n) is 1.81. The van der Waals surface area contributed by atoms with Crippen LogP contribution in [0.4, 0.5) is 0 Å². The zero-order valence-corrected chi connectivity index (χ0v) is 7.32. The molecule has 0 radical (unpaired) electrons. The molecule has 0 N–H and O–H groups in total. The van der Waals surface area contributed by atoms with Gasteiger partial charge in [-0.2, -0.15) is 0 Å². The molecule has 0 aromatic carbocycles. The molecule has 2 heteroatoms. The van der Waals surface area contributed by atoms with E-state index in [1.165, 1.54) is 16.6 Å². The Morgan fingerprint density at radius 1 is 1.31 bits per heavy atom. The summed E-state index contributed by atoms with van der Waals surface area (Å²) in [6.07, 6.45) is 3.80. The third-order valence-corrected chi connectivity index (χ3v) is 2.51. The van der Waals surface area contributed by atoms with E-state index < -0.39 is 0 Å². The van der Waals surface area contributed by atoms with E-state index in [0.717, 1.165) is 5.58 Å². The van der Waals surface area contributed by atoms with Crippen molar-refractivity contribution in [1.29, 1.82) is 0 Å². The third-order valence-electron chi connectivity index (χ3n) is 2.51. The van der Waals surface area contributed by atoms with Crippen molar-refractivity contribution in [3.05, 3.63) is 42.4 Å². The van der Waals surface area contributed by atoms with Gasteiger partial charge in [-0.05, 0) is 25.1 Å². The summed E-state index contributed by atoms with van der Waals surface area (Å²) in [5.41, 5.74) is 3.37. The quantitative estimate of drug-likeness (QED) is 0.508. The van der Waals surface area contributed by atoms with E-state index >= 15 is 0 Å². The lowest BCUT2D eigenvalue weighted by atomic mass is 10.2. The Balaban J connectivity index is 2.67. The van der Waals surface area contributed by atoms with Gasteiger partial charge in [0.15, 0.2) is 0 Å². The third kappa shape index (κ3) is 0.773. The molecule has 0 aliphatic heterocycles. The van der Waals surface area contributed by atoms with Gasteiger partial charge < -0.3 is 8.82 Å². The van der Waals surface area contributed by atoms with Crippen LogP contribution in [0.3, 0.4) is 0 Å². The molecule has 0 fully saturated rings. The van der Waals surface area contributed by atoms with Crippen LogP contribution in [-0.2, 0) is 0 Å². The number of hydrogen-bond donors (Lipinski definition) is 0. The summed E-state index contributed by atoms with van der Waals surface area (Å²) in [7, 11) is 0. The van der Waals surface area contributed by atoms with E-state index in [4.69, 9.17) is 4.42 Å². The van der Waals surface area contributed by atoms with Crippen molar-refractivity contribution >= 4 is 16.5 Å². The van der Waals surface area contributed by atoms with Gasteiger partial charge in [-0.1, -0.05) is 0 Å². The molecule has 3 aromatic rings. The molecule has 13 heavy (non-hydrogen) atoms. The summed E-state index contributed by atoms with van der Waals surface area (Å²) in [5, 5.41) is 1.18. The highest BCUT2D eigenvalue weighted by atomic mass is 16.3. The van der Waals surface area contributed by atoms with Crippen LogP contribution in [0, 0.1) is 6.92 Å². The molecule has 3 rings (SSSR count). The predicted molar refractivity (Wildman–Crippen MR) is 51.9 cm³/mol. The van der Waals surface area contributed by atoms with Crippen molar-refractivity contribution in [3.8, 4) is 0 Å². The van der Waals surface area contributed by atoms with Crippen LogP contribution in [0.2, 0.25) is 0 Å². The maximum Gasteiger partial charge on any atom is 0.137 e. The molecular formula is C11H9NO. The smallest absolute Gasteiger partial charge is 0.137 e. The number of nitrogens with zero attached hydrogens (tertiary/aromatic N) is 1. The summed E-state index contributed by atoms with van der Waals surface area (Å²) < 4.78 is 7.53.